The van der Waals surface area contributed by atoms with E-state index in [2.05, 4.69) is 6.07 Å². The minimum Gasteiger partial charge on any atom is -0.478 e. The number of hydrogen-bond acceptors (Lipinski definition) is 3. The molecule has 0 unspecified atom stereocenters. The highest BCUT2D eigenvalue weighted by molar-refractivity contribution is 7.19. The number of thiophene rings is 1. The molecule has 0 saturated heterocycles. The molecule has 1 N–H and O–H groups in total. The van der Waals surface area contributed by atoms with E-state index in [0.29, 0.717) is 9.90 Å². The molecule has 0 radical (unpaired) electrons. The molecule has 108 valence electrons. The summed E-state index contributed by atoms with van der Waals surface area (Å²) in [5.41, 5.74) is 2.36. The molecular weight excluding hydrogens is 320 g/mol. The fraction of sp³-hybridized carbons (Fsp3) is 0. The third-order valence-corrected chi connectivity index (χ3v) is 4.46. The standard InChI is InChI=1S/C16H9ClN2O2S/c17-15-6-5-14(22-15)13-9-19(8-11(13)7-18)12-3-1-10(2-4-12)16(20)21/h1-6,8-9H,(H,20,21). The van der Waals surface area contributed by atoms with E-state index in [1.54, 1.807) is 29.0 Å². The summed E-state index contributed by atoms with van der Waals surface area (Å²) in [6.07, 6.45) is 3.56. The maximum absolute atomic E-state index is 10.9. The van der Waals surface area contributed by atoms with Crippen molar-refractivity contribution in [2.45, 2.75) is 0 Å². The number of aromatic nitrogens is 1. The molecule has 22 heavy (non-hydrogen) atoms. The Morgan fingerprint density at radius 3 is 2.45 bits per heavy atom. The third kappa shape index (κ3) is 2.62. The normalized spacial score (nSPS) is 10.4. The first-order chi connectivity index (χ1) is 10.6. The number of benzene rings is 1. The number of carbonyl (C=O) groups is 1. The fourth-order valence-corrected chi connectivity index (χ4v) is 3.19. The highest BCUT2D eigenvalue weighted by Gasteiger charge is 2.12. The molecule has 0 aliphatic rings. The van der Waals surface area contributed by atoms with Gasteiger partial charge in [0, 0.05) is 28.5 Å². The number of nitrogens with zero attached hydrogens (tertiary/aromatic N) is 2. The number of nitriles is 1. The van der Waals surface area contributed by atoms with E-state index in [-0.39, 0.29) is 5.56 Å². The smallest absolute Gasteiger partial charge is 0.335 e. The lowest BCUT2D eigenvalue weighted by Crippen LogP contribution is -1.97. The van der Waals surface area contributed by atoms with E-state index in [4.69, 9.17) is 16.7 Å². The van der Waals surface area contributed by atoms with Gasteiger partial charge in [-0.25, -0.2) is 4.79 Å². The van der Waals surface area contributed by atoms with Gasteiger partial charge >= 0.3 is 5.97 Å². The van der Waals surface area contributed by atoms with Crippen LogP contribution in [0.15, 0.2) is 48.8 Å². The molecule has 3 rings (SSSR count). The van der Waals surface area contributed by atoms with Crippen molar-refractivity contribution >= 4 is 28.9 Å². The maximum Gasteiger partial charge on any atom is 0.335 e. The molecular formula is C16H9ClN2O2S. The minimum absolute atomic E-state index is 0.224. The van der Waals surface area contributed by atoms with Gasteiger partial charge in [0.2, 0.25) is 0 Å². The highest BCUT2D eigenvalue weighted by Crippen LogP contribution is 2.34. The van der Waals surface area contributed by atoms with Gasteiger partial charge in [0.25, 0.3) is 0 Å². The third-order valence-electron chi connectivity index (χ3n) is 3.20. The predicted octanol–water partition coefficient (Wildman–Crippen LogP) is 4.43. The topological polar surface area (TPSA) is 66.0 Å². The maximum atomic E-state index is 10.9. The Morgan fingerprint density at radius 1 is 1.18 bits per heavy atom. The fourth-order valence-electron chi connectivity index (χ4n) is 2.12. The zero-order chi connectivity index (χ0) is 15.7. The molecule has 6 heteroatoms. The van der Waals surface area contributed by atoms with Crippen LogP contribution in [0, 0.1) is 11.3 Å². The molecule has 3 aromatic rings. The van der Waals surface area contributed by atoms with Gasteiger partial charge in [-0.2, -0.15) is 5.26 Å². The molecule has 0 fully saturated rings. The first kappa shape index (κ1) is 14.4. The average Bonchev–Trinajstić information content (AvgIpc) is 3.13. The Morgan fingerprint density at radius 2 is 1.91 bits per heavy atom. The zero-order valence-corrected chi connectivity index (χ0v) is 12.7. The first-order valence-corrected chi connectivity index (χ1v) is 7.49. The summed E-state index contributed by atoms with van der Waals surface area (Å²) in [4.78, 5) is 11.8. The van der Waals surface area contributed by atoms with Gasteiger partial charge in [-0.1, -0.05) is 11.6 Å². The largest absolute Gasteiger partial charge is 0.478 e. The van der Waals surface area contributed by atoms with Crippen LogP contribution >= 0.6 is 22.9 Å². The molecule has 0 bridgehead atoms. The Labute approximate surface area is 135 Å². The number of carboxylic acid groups (broad SMARTS) is 1. The molecule has 4 nitrogen and oxygen atoms in total. The van der Waals surface area contributed by atoms with Crippen molar-refractivity contribution < 1.29 is 9.90 Å². The van der Waals surface area contributed by atoms with Gasteiger partial charge in [0.15, 0.2) is 0 Å². The summed E-state index contributed by atoms with van der Waals surface area (Å²) in [5, 5.41) is 18.2. The first-order valence-electron chi connectivity index (χ1n) is 6.30. The Kier molecular flexibility index (Phi) is 3.72. The van der Waals surface area contributed by atoms with Gasteiger partial charge in [-0.3, -0.25) is 0 Å². The monoisotopic (exact) mass is 328 g/mol. The summed E-state index contributed by atoms with van der Waals surface area (Å²) in [6, 6.07) is 12.3. The van der Waals surface area contributed by atoms with Crippen molar-refractivity contribution in [3.8, 4) is 22.2 Å². The van der Waals surface area contributed by atoms with Crippen LogP contribution in [0.3, 0.4) is 0 Å². The van der Waals surface area contributed by atoms with Crippen molar-refractivity contribution in [2.24, 2.45) is 0 Å². The van der Waals surface area contributed by atoms with Crippen LogP contribution in [0.1, 0.15) is 15.9 Å². The van der Waals surface area contributed by atoms with Crippen LogP contribution in [-0.4, -0.2) is 15.6 Å². The minimum atomic E-state index is -0.967. The van der Waals surface area contributed by atoms with Crippen molar-refractivity contribution in [1.29, 1.82) is 5.26 Å². The van der Waals surface area contributed by atoms with E-state index in [1.807, 2.05) is 12.3 Å². The Balaban J connectivity index is 2.04. The second-order valence-corrected chi connectivity index (χ2v) is 6.28. The number of rotatable bonds is 3. The lowest BCUT2D eigenvalue weighted by molar-refractivity contribution is 0.0697. The van der Waals surface area contributed by atoms with Crippen LogP contribution < -0.4 is 0 Å². The summed E-state index contributed by atoms with van der Waals surface area (Å²) < 4.78 is 2.46. The van der Waals surface area contributed by atoms with Crippen molar-refractivity contribution in [3.05, 3.63) is 64.3 Å². The van der Waals surface area contributed by atoms with Crippen molar-refractivity contribution in [3.63, 3.8) is 0 Å². The lowest BCUT2D eigenvalue weighted by Gasteiger charge is -2.02. The summed E-state index contributed by atoms with van der Waals surface area (Å²) in [5.74, 6) is -0.967. The summed E-state index contributed by atoms with van der Waals surface area (Å²) in [7, 11) is 0. The van der Waals surface area contributed by atoms with Gasteiger partial charge in [0.1, 0.15) is 6.07 Å². The quantitative estimate of drug-likeness (QED) is 0.773. The summed E-state index contributed by atoms with van der Waals surface area (Å²) >= 11 is 7.36. The number of halogens is 1. The molecule has 0 aliphatic carbocycles. The van der Waals surface area contributed by atoms with E-state index in [9.17, 15) is 10.1 Å². The average molecular weight is 329 g/mol. The number of hydrogen-bond donors (Lipinski definition) is 1. The van der Waals surface area contributed by atoms with Crippen LogP contribution in [0.25, 0.3) is 16.1 Å². The van der Waals surface area contributed by atoms with Crippen LogP contribution in [0.5, 0.6) is 0 Å². The molecule has 2 aromatic heterocycles. The Bertz CT molecular complexity index is 888. The number of aromatic carboxylic acids is 1. The Hall–Kier alpha value is -2.55. The van der Waals surface area contributed by atoms with Gasteiger partial charge in [-0.15, -0.1) is 11.3 Å². The van der Waals surface area contributed by atoms with E-state index >= 15 is 0 Å². The predicted molar refractivity (Wildman–Crippen MR) is 85.8 cm³/mol. The van der Waals surface area contributed by atoms with E-state index in [0.717, 1.165) is 16.1 Å². The zero-order valence-electron chi connectivity index (χ0n) is 11.2. The molecule has 0 spiro atoms. The van der Waals surface area contributed by atoms with Crippen molar-refractivity contribution in [1.82, 2.24) is 4.57 Å². The molecule has 0 saturated carbocycles. The van der Waals surface area contributed by atoms with Gasteiger partial charge in [-0.05, 0) is 36.4 Å². The second-order valence-electron chi connectivity index (χ2n) is 4.56. The molecule has 0 atom stereocenters. The van der Waals surface area contributed by atoms with Gasteiger partial charge < -0.3 is 9.67 Å². The van der Waals surface area contributed by atoms with Crippen LogP contribution in [0.4, 0.5) is 0 Å². The lowest BCUT2D eigenvalue weighted by atomic mass is 10.2. The van der Waals surface area contributed by atoms with E-state index < -0.39 is 5.97 Å². The molecule has 0 amide bonds. The van der Waals surface area contributed by atoms with Crippen LogP contribution in [0.2, 0.25) is 4.34 Å². The van der Waals surface area contributed by atoms with Gasteiger partial charge in [0.05, 0.1) is 15.5 Å². The second kappa shape index (κ2) is 5.68. The van der Waals surface area contributed by atoms with Crippen LogP contribution in [-0.2, 0) is 0 Å². The summed E-state index contributed by atoms with van der Waals surface area (Å²) in [6.45, 7) is 0. The SMILES string of the molecule is N#Cc1cn(-c2ccc(C(=O)O)cc2)cc1-c1ccc(Cl)s1. The molecule has 2 heterocycles. The van der Waals surface area contributed by atoms with Crippen molar-refractivity contribution in [2.75, 3.05) is 0 Å². The van der Waals surface area contributed by atoms with E-state index in [1.165, 1.54) is 23.5 Å². The number of carboxylic acids is 1. The molecule has 0 aliphatic heterocycles. The highest BCUT2D eigenvalue weighted by atomic mass is 35.5. The molecule has 1 aromatic carbocycles.